The molecular weight excluding hydrogens is 216 g/mol. The number of rotatable bonds is 2. The van der Waals surface area contributed by atoms with Gasteiger partial charge in [0.1, 0.15) is 5.75 Å². The minimum absolute atomic E-state index is 0.205. The van der Waals surface area contributed by atoms with Gasteiger partial charge in [-0.05, 0) is 18.2 Å². The van der Waals surface area contributed by atoms with Crippen LogP contribution in [0.25, 0.3) is 0 Å². The number of hydrogen-bond donors (Lipinski definition) is 2. The highest BCUT2D eigenvalue weighted by molar-refractivity contribution is 6.32. The van der Waals surface area contributed by atoms with E-state index in [0.29, 0.717) is 10.8 Å². The Labute approximate surface area is 93.2 Å². The number of anilines is 1. The summed E-state index contributed by atoms with van der Waals surface area (Å²) in [6.45, 7) is 0. The third-order valence-corrected chi connectivity index (χ3v) is 2.29. The first-order valence-corrected chi connectivity index (χ1v) is 4.58. The number of guanidine groups is 1. The molecule has 0 radical (unpaired) electrons. The van der Waals surface area contributed by atoms with Crippen LogP contribution in [0.15, 0.2) is 23.3 Å². The molecule has 0 saturated heterocycles. The van der Waals surface area contributed by atoms with Crippen molar-refractivity contribution in [2.75, 3.05) is 19.1 Å². The second kappa shape index (κ2) is 4.75. The Morgan fingerprint density at radius 1 is 1.53 bits per heavy atom. The number of nitrogens with two attached hydrogens (primary N) is 2. The zero-order chi connectivity index (χ0) is 11.4. The minimum atomic E-state index is 0.205. The molecule has 6 heteroatoms. The summed E-state index contributed by atoms with van der Waals surface area (Å²) in [5.74, 6) is 5.88. The van der Waals surface area contributed by atoms with Gasteiger partial charge in [-0.25, -0.2) is 0 Å². The standard InChI is InChI=1S/C9H13ClN4O/c1-14(9(11)13-12)6-3-4-8(15-2)7(10)5-6/h3-5H,12H2,1-2H3,(H2,11,13). The van der Waals surface area contributed by atoms with Crippen LogP contribution in [-0.4, -0.2) is 20.1 Å². The zero-order valence-corrected chi connectivity index (χ0v) is 9.32. The van der Waals surface area contributed by atoms with Crippen molar-refractivity contribution in [3.8, 4) is 5.75 Å². The first-order valence-electron chi connectivity index (χ1n) is 4.20. The number of methoxy groups -OCH3 is 1. The van der Waals surface area contributed by atoms with Crippen molar-refractivity contribution in [1.29, 1.82) is 0 Å². The van der Waals surface area contributed by atoms with Crippen LogP contribution in [0.1, 0.15) is 0 Å². The second-order valence-corrected chi connectivity index (χ2v) is 3.27. The first-order chi connectivity index (χ1) is 7.10. The molecular formula is C9H13ClN4O. The van der Waals surface area contributed by atoms with E-state index in [9.17, 15) is 0 Å². The number of benzene rings is 1. The van der Waals surface area contributed by atoms with E-state index in [1.165, 1.54) is 0 Å². The number of ether oxygens (including phenoxy) is 1. The van der Waals surface area contributed by atoms with E-state index in [2.05, 4.69) is 5.10 Å². The van der Waals surface area contributed by atoms with Gasteiger partial charge in [0.15, 0.2) is 0 Å². The van der Waals surface area contributed by atoms with Crippen LogP contribution in [0.2, 0.25) is 5.02 Å². The predicted molar refractivity (Wildman–Crippen MR) is 62.2 cm³/mol. The van der Waals surface area contributed by atoms with Crippen molar-refractivity contribution in [3.63, 3.8) is 0 Å². The van der Waals surface area contributed by atoms with Crippen LogP contribution >= 0.6 is 11.6 Å². The van der Waals surface area contributed by atoms with Gasteiger partial charge in [0.2, 0.25) is 5.96 Å². The van der Waals surface area contributed by atoms with Crippen molar-refractivity contribution in [3.05, 3.63) is 23.2 Å². The molecule has 1 rings (SSSR count). The molecule has 0 amide bonds. The zero-order valence-electron chi connectivity index (χ0n) is 8.57. The lowest BCUT2D eigenvalue weighted by Crippen LogP contribution is -2.34. The average Bonchev–Trinajstić information content (AvgIpc) is 2.26. The third kappa shape index (κ3) is 2.44. The van der Waals surface area contributed by atoms with E-state index in [-0.39, 0.29) is 5.96 Å². The van der Waals surface area contributed by atoms with Gasteiger partial charge in [0.25, 0.3) is 0 Å². The number of hydrogen-bond acceptors (Lipinski definition) is 3. The fourth-order valence-corrected chi connectivity index (χ4v) is 1.33. The molecule has 0 aliphatic carbocycles. The van der Waals surface area contributed by atoms with Gasteiger partial charge in [-0.3, -0.25) is 0 Å². The van der Waals surface area contributed by atoms with Crippen LogP contribution in [-0.2, 0) is 0 Å². The molecule has 0 aromatic heterocycles. The lowest BCUT2D eigenvalue weighted by Gasteiger charge is -2.18. The fraction of sp³-hybridized carbons (Fsp3) is 0.222. The maximum atomic E-state index is 5.96. The summed E-state index contributed by atoms with van der Waals surface area (Å²) in [7, 11) is 3.30. The summed E-state index contributed by atoms with van der Waals surface area (Å²) < 4.78 is 5.03. The van der Waals surface area contributed by atoms with Crippen molar-refractivity contribution >= 4 is 23.2 Å². The molecule has 0 fully saturated rings. The molecule has 82 valence electrons. The van der Waals surface area contributed by atoms with Crippen LogP contribution in [0.4, 0.5) is 5.69 Å². The quantitative estimate of drug-likeness (QED) is 0.342. The Morgan fingerprint density at radius 3 is 2.67 bits per heavy atom. The summed E-state index contributed by atoms with van der Waals surface area (Å²) in [6, 6.07) is 5.28. The predicted octanol–water partition coefficient (Wildman–Crippen LogP) is 0.973. The highest BCUT2D eigenvalue weighted by Crippen LogP contribution is 2.28. The highest BCUT2D eigenvalue weighted by atomic mass is 35.5. The molecule has 0 aliphatic rings. The molecule has 4 N–H and O–H groups in total. The molecule has 1 aromatic rings. The van der Waals surface area contributed by atoms with Gasteiger partial charge >= 0.3 is 0 Å². The van der Waals surface area contributed by atoms with E-state index in [0.717, 1.165) is 5.69 Å². The van der Waals surface area contributed by atoms with Gasteiger partial charge in [-0.2, -0.15) is 0 Å². The van der Waals surface area contributed by atoms with Gasteiger partial charge in [0, 0.05) is 12.7 Å². The molecule has 0 heterocycles. The first kappa shape index (κ1) is 11.5. The van der Waals surface area contributed by atoms with Gasteiger partial charge < -0.3 is 21.2 Å². The summed E-state index contributed by atoms with van der Waals surface area (Å²) in [4.78, 5) is 1.62. The Morgan fingerprint density at radius 2 is 2.20 bits per heavy atom. The maximum absolute atomic E-state index is 5.96. The largest absolute Gasteiger partial charge is 0.495 e. The fourth-order valence-electron chi connectivity index (χ4n) is 1.08. The molecule has 0 spiro atoms. The Bertz CT molecular complexity index is 380. The molecule has 0 atom stereocenters. The molecule has 0 unspecified atom stereocenters. The van der Waals surface area contributed by atoms with E-state index >= 15 is 0 Å². The van der Waals surface area contributed by atoms with Crippen molar-refractivity contribution in [1.82, 2.24) is 0 Å². The van der Waals surface area contributed by atoms with Crippen LogP contribution in [0.3, 0.4) is 0 Å². The monoisotopic (exact) mass is 228 g/mol. The Balaban J connectivity index is 3.02. The number of hydrazone groups is 1. The summed E-state index contributed by atoms with van der Waals surface area (Å²) >= 11 is 5.96. The van der Waals surface area contributed by atoms with Gasteiger partial charge in [-0.15, -0.1) is 5.10 Å². The van der Waals surface area contributed by atoms with E-state index in [1.54, 1.807) is 31.2 Å². The van der Waals surface area contributed by atoms with E-state index in [4.69, 9.17) is 27.9 Å². The lowest BCUT2D eigenvalue weighted by molar-refractivity contribution is 0.415. The summed E-state index contributed by atoms with van der Waals surface area (Å²) in [5.41, 5.74) is 6.33. The van der Waals surface area contributed by atoms with Crippen LogP contribution < -0.4 is 21.2 Å². The molecule has 5 nitrogen and oxygen atoms in total. The van der Waals surface area contributed by atoms with Crippen molar-refractivity contribution in [2.24, 2.45) is 16.7 Å². The molecule has 0 bridgehead atoms. The van der Waals surface area contributed by atoms with Gasteiger partial charge in [-0.1, -0.05) is 11.6 Å². The highest BCUT2D eigenvalue weighted by Gasteiger charge is 2.07. The average molecular weight is 229 g/mol. The summed E-state index contributed by atoms with van der Waals surface area (Å²) in [6.07, 6.45) is 0. The number of halogens is 1. The smallest absolute Gasteiger partial charge is 0.217 e. The van der Waals surface area contributed by atoms with E-state index in [1.807, 2.05) is 6.07 Å². The third-order valence-electron chi connectivity index (χ3n) is 2.00. The van der Waals surface area contributed by atoms with Crippen LogP contribution in [0, 0.1) is 0 Å². The summed E-state index contributed by atoms with van der Waals surface area (Å²) in [5, 5.41) is 3.89. The molecule has 0 saturated carbocycles. The Hall–Kier alpha value is -1.62. The van der Waals surface area contributed by atoms with Crippen molar-refractivity contribution < 1.29 is 4.74 Å². The van der Waals surface area contributed by atoms with Crippen molar-refractivity contribution in [2.45, 2.75) is 0 Å². The molecule has 0 aliphatic heterocycles. The lowest BCUT2D eigenvalue weighted by atomic mass is 10.3. The van der Waals surface area contributed by atoms with E-state index < -0.39 is 0 Å². The molecule has 15 heavy (non-hydrogen) atoms. The molecule has 1 aromatic carbocycles. The normalized spacial score (nSPS) is 11.3. The van der Waals surface area contributed by atoms with Crippen LogP contribution in [0.5, 0.6) is 5.75 Å². The topological polar surface area (TPSA) is 76.9 Å². The SMILES string of the molecule is COc1ccc(N(C)/C(N)=N/N)cc1Cl. The maximum Gasteiger partial charge on any atom is 0.217 e. The second-order valence-electron chi connectivity index (χ2n) is 2.87. The Kier molecular flexibility index (Phi) is 3.62. The minimum Gasteiger partial charge on any atom is -0.495 e. The number of nitrogens with zero attached hydrogens (tertiary/aromatic N) is 2. The van der Waals surface area contributed by atoms with Gasteiger partial charge in [0.05, 0.1) is 12.1 Å².